The van der Waals surface area contributed by atoms with Crippen LogP contribution in [-0.2, 0) is 22.4 Å². The highest BCUT2D eigenvalue weighted by Crippen LogP contribution is 2.49. The van der Waals surface area contributed by atoms with Crippen molar-refractivity contribution in [3.8, 4) is 0 Å². The Kier molecular flexibility index (Phi) is 3.91. The first-order chi connectivity index (χ1) is 12.0. The molecular formula is C18H20N2O4S. The van der Waals surface area contributed by atoms with E-state index >= 15 is 0 Å². The number of carbonyl (C=O) groups is 3. The SMILES string of the molecule is NC(=O)c1c(NC(=O)[C@H]2[C@@H](C(=O)O)[C@H]3C=C[C@@H]2C3)sc2c1CCCC2. The Morgan fingerprint density at radius 2 is 1.80 bits per heavy atom. The smallest absolute Gasteiger partial charge is 0.307 e. The van der Waals surface area contributed by atoms with Gasteiger partial charge in [-0.25, -0.2) is 0 Å². The number of anilines is 1. The predicted octanol–water partition coefficient (Wildman–Crippen LogP) is 2.19. The van der Waals surface area contributed by atoms with E-state index in [2.05, 4.69) is 5.32 Å². The Morgan fingerprint density at radius 1 is 1.12 bits per heavy atom. The van der Waals surface area contributed by atoms with E-state index < -0.39 is 23.7 Å². The summed E-state index contributed by atoms with van der Waals surface area (Å²) in [4.78, 5) is 37.5. The van der Waals surface area contributed by atoms with Crippen LogP contribution in [0.4, 0.5) is 5.00 Å². The van der Waals surface area contributed by atoms with Gasteiger partial charge in [0.1, 0.15) is 5.00 Å². The van der Waals surface area contributed by atoms with Crippen LogP contribution in [-0.4, -0.2) is 22.9 Å². The second-order valence-electron chi connectivity index (χ2n) is 7.11. The lowest BCUT2D eigenvalue weighted by atomic mass is 9.82. The largest absolute Gasteiger partial charge is 0.481 e. The van der Waals surface area contributed by atoms with Crippen LogP contribution in [0.15, 0.2) is 12.2 Å². The van der Waals surface area contributed by atoms with Crippen molar-refractivity contribution >= 4 is 34.1 Å². The van der Waals surface area contributed by atoms with Crippen molar-refractivity contribution in [3.63, 3.8) is 0 Å². The summed E-state index contributed by atoms with van der Waals surface area (Å²) in [6, 6.07) is 0. The number of fused-ring (bicyclic) bond motifs is 3. The lowest BCUT2D eigenvalue weighted by Crippen LogP contribution is -2.36. The van der Waals surface area contributed by atoms with Crippen LogP contribution in [0.2, 0.25) is 0 Å². The van der Waals surface area contributed by atoms with Crippen LogP contribution in [0, 0.1) is 23.7 Å². The molecule has 3 aliphatic rings. The summed E-state index contributed by atoms with van der Waals surface area (Å²) in [6.45, 7) is 0. The first-order valence-corrected chi connectivity index (χ1v) is 9.45. The average molecular weight is 360 g/mol. The molecule has 2 bridgehead atoms. The Balaban J connectivity index is 1.63. The van der Waals surface area contributed by atoms with Gasteiger partial charge in [0.15, 0.2) is 0 Å². The number of allylic oxidation sites excluding steroid dienone is 2. The minimum atomic E-state index is -0.933. The number of nitrogens with two attached hydrogens (primary N) is 1. The van der Waals surface area contributed by atoms with Gasteiger partial charge in [-0.3, -0.25) is 14.4 Å². The fourth-order valence-corrected chi connectivity index (χ4v) is 5.92. The minimum Gasteiger partial charge on any atom is -0.481 e. The molecule has 3 aliphatic carbocycles. The molecule has 1 saturated carbocycles. The fourth-order valence-electron chi connectivity index (χ4n) is 4.63. The normalized spacial score (nSPS) is 29.4. The van der Waals surface area contributed by atoms with Crippen molar-refractivity contribution in [2.75, 3.05) is 5.32 Å². The summed E-state index contributed by atoms with van der Waals surface area (Å²) in [7, 11) is 0. The van der Waals surface area contributed by atoms with Gasteiger partial charge in [0.2, 0.25) is 5.91 Å². The van der Waals surface area contributed by atoms with Crippen molar-refractivity contribution in [3.05, 3.63) is 28.2 Å². The van der Waals surface area contributed by atoms with Gasteiger partial charge in [0.25, 0.3) is 5.91 Å². The third-order valence-electron chi connectivity index (χ3n) is 5.70. The molecule has 6 nitrogen and oxygen atoms in total. The van der Waals surface area contributed by atoms with Gasteiger partial charge in [0, 0.05) is 4.88 Å². The number of hydrogen-bond donors (Lipinski definition) is 3. The van der Waals surface area contributed by atoms with E-state index in [1.165, 1.54) is 11.3 Å². The first-order valence-electron chi connectivity index (χ1n) is 8.63. The van der Waals surface area contributed by atoms with Crippen LogP contribution < -0.4 is 11.1 Å². The number of amides is 2. The zero-order valence-electron chi connectivity index (χ0n) is 13.7. The van der Waals surface area contributed by atoms with Gasteiger partial charge in [-0.1, -0.05) is 12.2 Å². The molecule has 0 unspecified atom stereocenters. The minimum absolute atomic E-state index is 0.0438. The lowest BCUT2D eigenvalue weighted by Gasteiger charge is -2.23. The molecule has 0 radical (unpaired) electrons. The highest BCUT2D eigenvalue weighted by atomic mass is 32.1. The number of aliphatic carboxylic acids is 1. The number of nitrogens with one attached hydrogen (secondary N) is 1. The van der Waals surface area contributed by atoms with Gasteiger partial charge in [0.05, 0.1) is 17.4 Å². The van der Waals surface area contributed by atoms with Gasteiger partial charge in [-0.05, 0) is 49.5 Å². The highest BCUT2D eigenvalue weighted by molar-refractivity contribution is 7.17. The molecule has 1 fully saturated rings. The molecule has 132 valence electrons. The maximum Gasteiger partial charge on any atom is 0.307 e. The maximum absolute atomic E-state index is 12.9. The Morgan fingerprint density at radius 3 is 2.48 bits per heavy atom. The van der Waals surface area contributed by atoms with E-state index in [0.29, 0.717) is 17.0 Å². The maximum atomic E-state index is 12.9. The second kappa shape index (κ2) is 5.98. The average Bonchev–Trinajstić information content (AvgIpc) is 3.25. The summed E-state index contributed by atoms with van der Waals surface area (Å²) >= 11 is 1.41. The summed E-state index contributed by atoms with van der Waals surface area (Å²) in [5.74, 6) is -3.18. The molecule has 7 heteroatoms. The molecule has 4 N–H and O–H groups in total. The third-order valence-corrected chi connectivity index (χ3v) is 6.91. The van der Waals surface area contributed by atoms with Crippen LogP contribution >= 0.6 is 11.3 Å². The quantitative estimate of drug-likeness (QED) is 0.715. The molecule has 0 aliphatic heterocycles. The number of rotatable bonds is 4. The Hall–Kier alpha value is -2.15. The standard InChI is InChI=1S/C18H20N2O4S/c19-15(21)14-10-3-1-2-4-11(10)25-17(14)20-16(22)12-8-5-6-9(7-8)13(12)18(23)24/h5-6,8-9,12-13H,1-4,7H2,(H2,19,21)(H,20,22)(H,23,24)/t8-,9+,12-,13+/m1/s1. The van der Waals surface area contributed by atoms with E-state index in [0.717, 1.165) is 36.1 Å². The lowest BCUT2D eigenvalue weighted by molar-refractivity contribution is -0.146. The molecule has 25 heavy (non-hydrogen) atoms. The second-order valence-corrected chi connectivity index (χ2v) is 8.21. The van der Waals surface area contributed by atoms with Gasteiger partial charge in [-0.2, -0.15) is 0 Å². The van der Waals surface area contributed by atoms with Crippen molar-refractivity contribution in [1.82, 2.24) is 0 Å². The van der Waals surface area contributed by atoms with E-state index in [-0.39, 0.29) is 17.7 Å². The van der Waals surface area contributed by atoms with Crippen LogP contribution in [0.25, 0.3) is 0 Å². The molecule has 1 heterocycles. The Labute approximate surface area is 149 Å². The van der Waals surface area contributed by atoms with E-state index in [4.69, 9.17) is 5.73 Å². The molecule has 0 spiro atoms. The summed E-state index contributed by atoms with van der Waals surface area (Å²) < 4.78 is 0. The fraction of sp³-hybridized carbons (Fsp3) is 0.500. The Bertz CT molecular complexity index is 797. The molecule has 1 aromatic rings. The van der Waals surface area contributed by atoms with Crippen molar-refractivity contribution in [1.29, 1.82) is 0 Å². The number of carbonyl (C=O) groups excluding carboxylic acids is 2. The summed E-state index contributed by atoms with van der Waals surface area (Å²) in [6.07, 6.45) is 8.33. The van der Waals surface area contributed by atoms with Gasteiger partial charge in [-0.15, -0.1) is 11.3 Å². The molecule has 2 amide bonds. The summed E-state index contributed by atoms with van der Waals surface area (Å²) in [5, 5.41) is 12.8. The topological polar surface area (TPSA) is 109 Å². The molecule has 4 atom stereocenters. The molecule has 1 aromatic heterocycles. The van der Waals surface area contributed by atoms with Crippen LogP contribution in [0.5, 0.6) is 0 Å². The number of hydrogen-bond acceptors (Lipinski definition) is 4. The van der Waals surface area contributed by atoms with Crippen molar-refractivity contribution < 1.29 is 19.5 Å². The van der Waals surface area contributed by atoms with Crippen molar-refractivity contribution in [2.24, 2.45) is 29.4 Å². The van der Waals surface area contributed by atoms with Gasteiger partial charge < -0.3 is 16.2 Å². The van der Waals surface area contributed by atoms with E-state index in [1.54, 1.807) is 0 Å². The molecule has 0 saturated heterocycles. The predicted molar refractivity (Wildman–Crippen MR) is 93.5 cm³/mol. The van der Waals surface area contributed by atoms with Crippen LogP contribution in [0.1, 0.15) is 40.1 Å². The first kappa shape index (κ1) is 16.3. The van der Waals surface area contributed by atoms with Crippen LogP contribution in [0.3, 0.4) is 0 Å². The highest BCUT2D eigenvalue weighted by Gasteiger charge is 2.51. The van der Waals surface area contributed by atoms with E-state index in [1.807, 2.05) is 12.2 Å². The number of thiophene rings is 1. The van der Waals surface area contributed by atoms with Gasteiger partial charge >= 0.3 is 5.97 Å². The molecule has 0 aromatic carbocycles. The summed E-state index contributed by atoms with van der Waals surface area (Å²) in [5.41, 5.74) is 6.93. The molecule has 4 rings (SSSR count). The zero-order chi connectivity index (χ0) is 17.7. The molecular weight excluding hydrogens is 340 g/mol. The number of aryl methyl sites for hydroxylation is 1. The third kappa shape index (κ3) is 2.57. The number of carboxylic acid groups (broad SMARTS) is 1. The number of primary amides is 1. The zero-order valence-corrected chi connectivity index (χ0v) is 14.5. The van der Waals surface area contributed by atoms with Crippen molar-refractivity contribution in [2.45, 2.75) is 32.1 Å². The van der Waals surface area contributed by atoms with E-state index in [9.17, 15) is 19.5 Å². The monoisotopic (exact) mass is 360 g/mol. The number of carboxylic acids is 1.